The highest BCUT2D eigenvalue weighted by molar-refractivity contribution is 7.92. The summed E-state index contributed by atoms with van der Waals surface area (Å²) in [4.78, 5) is 11.6. The summed E-state index contributed by atoms with van der Waals surface area (Å²) in [6.45, 7) is 3.31. The Hall–Kier alpha value is -2.79. The van der Waals surface area contributed by atoms with E-state index in [1.807, 2.05) is 0 Å². The Kier molecular flexibility index (Phi) is 6.99. The molecule has 11 heteroatoms. The van der Waals surface area contributed by atoms with Crippen LogP contribution >= 0.6 is 0 Å². The number of hydrogen-bond acceptors (Lipinski definition) is 5. The number of halogens is 3. The number of anilines is 2. The highest BCUT2D eigenvalue weighted by atomic mass is 32.2. The van der Waals surface area contributed by atoms with E-state index in [-0.39, 0.29) is 27.9 Å². The van der Waals surface area contributed by atoms with Crippen LogP contribution in [0.4, 0.5) is 24.5 Å². The fourth-order valence-electron chi connectivity index (χ4n) is 2.46. The zero-order chi connectivity index (χ0) is 22.7. The number of sulfonamides is 1. The van der Waals surface area contributed by atoms with E-state index in [4.69, 9.17) is 4.74 Å². The predicted molar refractivity (Wildman–Crippen MR) is 105 cm³/mol. The fraction of sp³-hybridized carbons (Fsp3) is 0.316. The van der Waals surface area contributed by atoms with Crippen molar-refractivity contribution in [2.24, 2.45) is 5.92 Å². The van der Waals surface area contributed by atoms with Gasteiger partial charge in [-0.2, -0.15) is 13.2 Å². The topological polar surface area (TPSA) is 105 Å². The van der Waals surface area contributed by atoms with E-state index in [1.54, 1.807) is 13.8 Å². The lowest BCUT2D eigenvalue weighted by Gasteiger charge is -2.16. The number of amides is 1. The van der Waals surface area contributed by atoms with E-state index in [1.165, 1.54) is 25.3 Å². The number of benzene rings is 2. The maximum absolute atomic E-state index is 12.8. The second kappa shape index (κ2) is 8.92. The van der Waals surface area contributed by atoms with Gasteiger partial charge in [-0.15, -0.1) is 0 Å². The summed E-state index contributed by atoms with van der Waals surface area (Å²) < 4.78 is 71.0. The summed E-state index contributed by atoms with van der Waals surface area (Å²) in [5.74, 6) is -1.15. The Balaban J connectivity index is 2.31. The molecule has 7 nitrogen and oxygen atoms in total. The lowest BCUT2D eigenvalue weighted by atomic mass is 10.1. The van der Waals surface area contributed by atoms with Gasteiger partial charge in [-0.1, -0.05) is 19.9 Å². The molecule has 0 heterocycles. The molecule has 0 radical (unpaired) electrons. The maximum atomic E-state index is 12.8. The highest BCUT2D eigenvalue weighted by Crippen LogP contribution is 2.33. The van der Waals surface area contributed by atoms with Crippen LogP contribution in [0.15, 0.2) is 47.4 Å². The molecular formula is C19H21F3N2O5S. The Morgan fingerprint density at radius 3 is 2.33 bits per heavy atom. The largest absolute Gasteiger partial charge is 0.495 e. The van der Waals surface area contributed by atoms with Crippen LogP contribution in [-0.4, -0.2) is 32.6 Å². The van der Waals surface area contributed by atoms with Crippen LogP contribution in [0.5, 0.6) is 5.75 Å². The minimum Gasteiger partial charge on any atom is -0.495 e. The van der Waals surface area contributed by atoms with Gasteiger partial charge in [-0.05, 0) is 36.2 Å². The summed E-state index contributed by atoms with van der Waals surface area (Å²) in [5, 5.41) is 12.2. The number of carbonyl (C=O) groups is 1. The molecule has 0 saturated heterocycles. The summed E-state index contributed by atoms with van der Waals surface area (Å²) >= 11 is 0. The molecule has 0 fully saturated rings. The van der Waals surface area contributed by atoms with Crippen LogP contribution in [0.2, 0.25) is 0 Å². The quantitative estimate of drug-likeness (QED) is 0.604. The molecule has 3 N–H and O–H groups in total. The third-order valence-corrected chi connectivity index (χ3v) is 5.48. The van der Waals surface area contributed by atoms with Gasteiger partial charge >= 0.3 is 6.18 Å². The second-order valence-corrected chi connectivity index (χ2v) is 8.38. The Labute approximate surface area is 171 Å². The van der Waals surface area contributed by atoms with Crippen molar-refractivity contribution in [3.63, 3.8) is 0 Å². The molecule has 0 aliphatic heterocycles. The molecule has 0 unspecified atom stereocenters. The minimum atomic E-state index is -4.63. The van der Waals surface area contributed by atoms with Crippen molar-refractivity contribution in [1.82, 2.24) is 0 Å². The normalized spacial score (nSPS) is 13.1. The van der Waals surface area contributed by atoms with E-state index in [9.17, 15) is 31.5 Å². The first-order chi connectivity index (χ1) is 13.8. The first kappa shape index (κ1) is 23.5. The Morgan fingerprint density at radius 1 is 1.10 bits per heavy atom. The van der Waals surface area contributed by atoms with Gasteiger partial charge in [0, 0.05) is 17.4 Å². The van der Waals surface area contributed by atoms with Crippen molar-refractivity contribution in [1.29, 1.82) is 0 Å². The van der Waals surface area contributed by atoms with Gasteiger partial charge in [-0.3, -0.25) is 9.52 Å². The molecule has 0 aliphatic rings. The van der Waals surface area contributed by atoms with Gasteiger partial charge in [-0.25, -0.2) is 8.42 Å². The zero-order valence-corrected chi connectivity index (χ0v) is 17.1. The number of nitrogens with one attached hydrogen (secondary N) is 2. The molecule has 1 amide bonds. The highest BCUT2D eigenvalue weighted by Gasteiger charge is 2.31. The lowest BCUT2D eigenvalue weighted by Crippen LogP contribution is -2.31. The first-order valence-corrected chi connectivity index (χ1v) is 10.2. The summed E-state index contributed by atoms with van der Waals surface area (Å²) in [5.41, 5.74) is -1.10. The van der Waals surface area contributed by atoms with E-state index < -0.39 is 33.8 Å². The third-order valence-electron chi connectivity index (χ3n) is 4.06. The van der Waals surface area contributed by atoms with Crippen LogP contribution in [0.25, 0.3) is 0 Å². The van der Waals surface area contributed by atoms with Gasteiger partial charge in [0.25, 0.3) is 15.9 Å². The van der Waals surface area contributed by atoms with E-state index in [0.717, 1.165) is 18.2 Å². The van der Waals surface area contributed by atoms with Gasteiger partial charge in [0.05, 0.1) is 12.7 Å². The van der Waals surface area contributed by atoms with Crippen LogP contribution < -0.4 is 14.8 Å². The predicted octanol–water partition coefficient (Wildman–Crippen LogP) is 3.47. The number of ether oxygens (including phenoxy) is 1. The Bertz CT molecular complexity index is 1020. The number of aliphatic hydroxyl groups excluding tert-OH is 1. The molecule has 2 aromatic carbocycles. The Morgan fingerprint density at radius 2 is 1.77 bits per heavy atom. The fourth-order valence-corrected chi connectivity index (χ4v) is 3.66. The van der Waals surface area contributed by atoms with E-state index >= 15 is 0 Å². The number of aliphatic hydroxyl groups is 1. The van der Waals surface area contributed by atoms with Crippen molar-refractivity contribution in [3.05, 3.63) is 48.0 Å². The van der Waals surface area contributed by atoms with Crippen molar-refractivity contribution in [3.8, 4) is 5.75 Å². The molecule has 1 atom stereocenters. The van der Waals surface area contributed by atoms with Crippen molar-refractivity contribution < 1.29 is 36.2 Å². The number of hydrogen-bond donors (Lipinski definition) is 3. The van der Waals surface area contributed by atoms with E-state index in [2.05, 4.69) is 10.0 Å². The number of rotatable bonds is 7. The SMILES string of the molecule is COc1cc(NC(=O)[C@@H](O)C(C)C)ccc1S(=O)(=O)Nc1cccc(C(F)(F)F)c1. The van der Waals surface area contributed by atoms with Crippen LogP contribution in [-0.2, 0) is 21.0 Å². The molecule has 164 valence electrons. The average Bonchev–Trinajstić information content (AvgIpc) is 2.66. The molecule has 30 heavy (non-hydrogen) atoms. The maximum Gasteiger partial charge on any atom is 0.416 e. The summed E-state index contributed by atoms with van der Waals surface area (Å²) in [6, 6.07) is 7.39. The van der Waals surface area contributed by atoms with Gasteiger partial charge in [0.2, 0.25) is 0 Å². The van der Waals surface area contributed by atoms with Gasteiger partial charge in [0.15, 0.2) is 0 Å². The van der Waals surface area contributed by atoms with Gasteiger partial charge < -0.3 is 15.2 Å². The molecule has 0 bridgehead atoms. The average molecular weight is 446 g/mol. The first-order valence-electron chi connectivity index (χ1n) is 8.72. The smallest absolute Gasteiger partial charge is 0.416 e. The monoisotopic (exact) mass is 446 g/mol. The van der Waals surface area contributed by atoms with Crippen LogP contribution in [0.3, 0.4) is 0 Å². The standard InChI is InChI=1S/C19H21F3N2O5S/c1-11(2)17(25)18(26)23-13-7-8-16(15(10-13)29-3)30(27,28)24-14-6-4-5-12(9-14)19(20,21)22/h4-11,17,24-25H,1-3H3,(H,23,26)/t17-/m0/s1. The molecular weight excluding hydrogens is 425 g/mol. The summed E-state index contributed by atoms with van der Waals surface area (Å²) in [6.07, 6.45) is -5.89. The van der Waals surface area contributed by atoms with Crippen molar-refractivity contribution in [2.45, 2.75) is 31.0 Å². The lowest BCUT2D eigenvalue weighted by molar-refractivity contribution is -0.137. The molecule has 0 saturated carbocycles. The molecule has 0 aliphatic carbocycles. The van der Waals surface area contributed by atoms with Crippen molar-refractivity contribution in [2.75, 3.05) is 17.1 Å². The molecule has 0 spiro atoms. The molecule has 2 rings (SSSR count). The molecule has 2 aromatic rings. The van der Waals surface area contributed by atoms with Gasteiger partial charge in [0.1, 0.15) is 16.7 Å². The summed E-state index contributed by atoms with van der Waals surface area (Å²) in [7, 11) is -3.10. The zero-order valence-electron chi connectivity index (χ0n) is 16.3. The number of carbonyl (C=O) groups excluding carboxylic acids is 1. The number of methoxy groups -OCH3 is 1. The molecule has 0 aromatic heterocycles. The third kappa shape index (κ3) is 5.63. The van der Waals surface area contributed by atoms with Crippen LogP contribution in [0.1, 0.15) is 19.4 Å². The van der Waals surface area contributed by atoms with E-state index in [0.29, 0.717) is 6.07 Å². The number of alkyl halides is 3. The van der Waals surface area contributed by atoms with Crippen molar-refractivity contribution >= 4 is 27.3 Å². The van der Waals surface area contributed by atoms with Crippen LogP contribution in [0, 0.1) is 5.92 Å². The minimum absolute atomic E-state index is 0.147. The second-order valence-electron chi connectivity index (χ2n) is 6.73.